The maximum atomic E-state index is 9.28. The predicted molar refractivity (Wildman–Crippen MR) is 164 cm³/mol. The van der Waals surface area contributed by atoms with Crippen LogP contribution in [0.1, 0.15) is 38.5 Å². The first-order valence-corrected chi connectivity index (χ1v) is 13.8. The molecule has 30 heavy (non-hydrogen) atoms. The first-order valence-electron chi connectivity index (χ1n) is 11.9. The van der Waals surface area contributed by atoms with Gasteiger partial charge >= 0.3 is 174 Å². The first-order chi connectivity index (χ1) is 14.2. The van der Waals surface area contributed by atoms with Gasteiger partial charge in [0.1, 0.15) is 5.75 Å². The summed E-state index contributed by atoms with van der Waals surface area (Å²) in [6.07, 6.45) is 13.3. The van der Waals surface area contributed by atoms with Crippen molar-refractivity contribution in [3.05, 3.63) is 24.3 Å². The van der Waals surface area contributed by atoms with Crippen molar-refractivity contribution in [3.63, 3.8) is 0 Å². The standard InChI is InChI=1S/C15H35B12O2S/c1-30(22-26(23(16)17)27(24(18)19)25(20)21)13-7-5-3-2-4-6-12-29-15-10-8-14(28)9-11-15/h8-11,18,28H,2-7,12-13,16-17,19-21H2,1H3/q-1/i16-1,17-1,18-1,19-1,20-1,21-1,22-1,23-1,24-1,25-1,26-1,27-1. The third kappa shape index (κ3) is 11.5. The zero-order valence-electron chi connectivity index (χ0n) is 20.4. The number of benzene rings is 1. The van der Waals surface area contributed by atoms with Crippen LogP contribution in [0, 0.1) is 0 Å². The fourth-order valence-corrected chi connectivity index (χ4v) is 6.21. The van der Waals surface area contributed by atoms with Gasteiger partial charge in [0, 0.05) is 0 Å². The van der Waals surface area contributed by atoms with Gasteiger partial charge in [-0.2, -0.15) is 0 Å². The number of phenolic OH excluding ortho intramolecular Hbond substituents is 1. The molecule has 0 aliphatic carbocycles. The Morgan fingerprint density at radius 1 is 0.933 bits per heavy atom. The van der Waals surface area contributed by atoms with E-state index in [1.165, 1.54) is 37.9 Å². The zero-order valence-corrected chi connectivity index (χ0v) is 21.2. The molecule has 1 N–H and O–H groups in total. The number of phenols is 1. The van der Waals surface area contributed by atoms with Gasteiger partial charge in [-0.25, -0.2) is 0 Å². The SMILES string of the molecule is [10BH-][10B]([10BH2])[10B]([10B]([10BH2])[10BH2])[10B]([10B]=S(C)CCCCCCCCOc1ccc(O)cc1)[10B]([10BH2])[10BH2]. The summed E-state index contributed by atoms with van der Waals surface area (Å²) in [6, 6.07) is 9.65. The van der Waals surface area contributed by atoms with Crippen LogP contribution < -0.4 is 4.74 Å². The van der Waals surface area contributed by atoms with E-state index < -0.39 is 0 Å². The van der Waals surface area contributed by atoms with E-state index in [9.17, 15) is 5.11 Å². The minimum atomic E-state index is 0.284. The molecule has 0 aliphatic heterocycles. The van der Waals surface area contributed by atoms with Crippen molar-refractivity contribution in [3.8, 4) is 11.5 Å². The van der Waals surface area contributed by atoms with Crippen LogP contribution in [0.15, 0.2) is 24.3 Å². The molecule has 0 saturated heterocycles. The summed E-state index contributed by atoms with van der Waals surface area (Å²) in [5.74, 6) is 2.46. The molecule has 0 bridgehead atoms. The first kappa shape index (κ1) is 28.0. The number of hydrogen-bond acceptors (Lipinski definition) is 2. The second-order valence-electron chi connectivity index (χ2n) is 9.61. The molecule has 2 radical (unpaired) electrons. The second kappa shape index (κ2) is 15.7. The van der Waals surface area contributed by atoms with Gasteiger partial charge in [-0.1, -0.05) is 0 Å². The Hall–Kier alpha value is -0.0508. The maximum absolute atomic E-state index is 9.28. The molecule has 1 unspecified atom stereocenters. The van der Waals surface area contributed by atoms with Gasteiger partial charge in [0.05, 0.1) is 0 Å². The van der Waals surface area contributed by atoms with Crippen LogP contribution >= 0.6 is 10.3 Å². The van der Waals surface area contributed by atoms with Crippen molar-refractivity contribution >= 4 is 94.7 Å². The van der Waals surface area contributed by atoms with E-state index in [0.717, 1.165) is 18.8 Å². The third-order valence-corrected chi connectivity index (χ3v) is 7.71. The quantitative estimate of drug-likeness (QED) is 0.251. The van der Waals surface area contributed by atoms with Gasteiger partial charge in [0.15, 0.2) is 0 Å². The number of aromatic hydroxyl groups is 1. The van der Waals surface area contributed by atoms with Crippen LogP contribution in [0.5, 0.6) is 11.5 Å². The Morgan fingerprint density at radius 3 is 2.03 bits per heavy atom. The van der Waals surface area contributed by atoms with Crippen molar-refractivity contribution in [1.29, 1.82) is 0 Å². The van der Waals surface area contributed by atoms with Crippen LogP contribution in [-0.2, 0) is 0 Å². The van der Waals surface area contributed by atoms with Crippen LogP contribution in [0.4, 0.5) is 0 Å². The van der Waals surface area contributed by atoms with E-state index >= 15 is 0 Å². The molecule has 0 spiro atoms. The molecule has 15 heteroatoms. The molecular formula is C15H35B12O2S-. The van der Waals surface area contributed by atoms with Crippen molar-refractivity contribution in [2.75, 3.05) is 18.6 Å². The van der Waals surface area contributed by atoms with Crippen LogP contribution in [-0.4, -0.2) is 108 Å². The number of rotatable bonds is 15. The Kier molecular flexibility index (Phi) is 14.6. The third-order valence-electron chi connectivity index (χ3n) is 6.00. The number of unbranched alkanes of at least 4 members (excludes halogenated alkanes) is 5. The summed E-state index contributed by atoms with van der Waals surface area (Å²) in [4.78, 5) is 0. The van der Waals surface area contributed by atoms with Crippen LogP contribution in [0.25, 0.3) is 0 Å². The molecule has 0 amide bonds. The van der Waals surface area contributed by atoms with E-state index in [0.29, 0.717) is 42.2 Å². The molecule has 1 aromatic rings. The molecule has 1 atom stereocenters. The van der Waals surface area contributed by atoms with Gasteiger partial charge in [-0.05, 0) is 12.1 Å². The van der Waals surface area contributed by atoms with Crippen molar-refractivity contribution < 1.29 is 9.84 Å². The van der Waals surface area contributed by atoms with Crippen molar-refractivity contribution in [2.24, 2.45) is 0 Å². The van der Waals surface area contributed by atoms with E-state index in [1.54, 1.807) is 12.1 Å². The van der Waals surface area contributed by atoms with Crippen molar-refractivity contribution in [2.45, 2.75) is 38.5 Å². The van der Waals surface area contributed by atoms with Crippen LogP contribution in [0.2, 0.25) is 0 Å². The molecule has 0 aliphatic rings. The molecule has 150 valence electrons. The average molecular weight is 400 g/mol. The molecule has 1 rings (SSSR count). The van der Waals surface area contributed by atoms with Gasteiger partial charge in [0.2, 0.25) is 0 Å². The summed E-state index contributed by atoms with van der Waals surface area (Å²) in [6.45, 7) is 0.760. The van der Waals surface area contributed by atoms with Gasteiger partial charge in [-0.3, -0.25) is 0 Å². The van der Waals surface area contributed by atoms with Gasteiger partial charge in [-0.15, -0.1) is 0 Å². The Labute approximate surface area is 197 Å². The Bertz CT molecular complexity index is 608. The van der Waals surface area contributed by atoms with E-state index in [1.807, 2.05) is 12.1 Å². The predicted octanol–water partition coefficient (Wildman–Crippen LogP) is -3.04. The molecular weight excluding hydrogens is 364 g/mol. The number of hydrogen-bond donors (Lipinski definition) is 1. The molecule has 0 aromatic heterocycles. The summed E-state index contributed by atoms with van der Waals surface area (Å²) < 4.78 is 5.71. The Morgan fingerprint density at radius 2 is 1.50 bits per heavy atom. The van der Waals surface area contributed by atoms with Crippen molar-refractivity contribution in [1.82, 2.24) is 0 Å². The van der Waals surface area contributed by atoms with Crippen LogP contribution in [0.3, 0.4) is 0 Å². The molecule has 1 aromatic carbocycles. The zero-order chi connectivity index (χ0) is 22.5. The summed E-state index contributed by atoms with van der Waals surface area (Å²) in [5, 5.41) is 9.28. The number of ether oxygens (including phenoxy) is 1. The van der Waals surface area contributed by atoms with Gasteiger partial charge < -0.3 is 5.11 Å². The summed E-state index contributed by atoms with van der Waals surface area (Å²) in [5.41, 5.74) is 0. The summed E-state index contributed by atoms with van der Waals surface area (Å²) in [7, 11) is 16.5. The fraction of sp³-hybridized carbons (Fsp3) is 0.600. The monoisotopic (exact) mass is 399 g/mol. The minimum absolute atomic E-state index is 0.284. The molecule has 0 heterocycles. The van der Waals surface area contributed by atoms with E-state index in [4.69, 9.17) is 4.74 Å². The van der Waals surface area contributed by atoms with E-state index in [-0.39, 0.29) is 5.75 Å². The van der Waals surface area contributed by atoms with E-state index in [2.05, 4.69) is 58.7 Å². The molecule has 0 fully saturated rings. The normalized spacial score (nSPS) is 11.4. The average Bonchev–Trinajstić information content (AvgIpc) is 2.66. The Balaban J connectivity index is 2.21. The van der Waals surface area contributed by atoms with Gasteiger partial charge in [0.25, 0.3) is 0 Å². The topological polar surface area (TPSA) is 29.5 Å². The summed E-state index contributed by atoms with van der Waals surface area (Å²) >= 11 is 0. The molecule has 0 saturated carbocycles. The second-order valence-corrected chi connectivity index (χ2v) is 11.7. The fourth-order valence-electron chi connectivity index (χ4n) is 4.38. The molecule has 2 nitrogen and oxygen atoms in total.